The molecule has 5 nitrogen and oxygen atoms in total. The highest BCUT2D eigenvalue weighted by molar-refractivity contribution is 6.12. The summed E-state index contributed by atoms with van der Waals surface area (Å²) in [5.74, 6) is 1.68. The van der Waals surface area contributed by atoms with Crippen LogP contribution in [-0.4, -0.2) is 19.5 Å². The minimum absolute atomic E-state index is 0.540. The van der Waals surface area contributed by atoms with E-state index in [4.69, 9.17) is 19.4 Å². The number of nitrogens with zero attached hydrogens (tertiary/aromatic N) is 4. The lowest BCUT2D eigenvalue weighted by Gasteiger charge is -2.34. The van der Waals surface area contributed by atoms with Crippen molar-refractivity contribution in [2.45, 2.75) is 5.41 Å². The molecule has 0 radical (unpaired) electrons. The molecule has 0 saturated carbocycles. The van der Waals surface area contributed by atoms with Crippen molar-refractivity contribution in [1.29, 1.82) is 0 Å². The van der Waals surface area contributed by atoms with Gasteiger partial charge in [0.1, 0.15) is 11.2 Å². The molecule has 0 amide bonds. The number of aromatic nitrogens is 4. The van der Waals surface area contributed by atoms with Crippen molar-refractivity contribution in [2.24, 2.45) is 0 Å². The summed E-state index contributed by atoms with van der Waals surface area (Å²) in [5, 5.41) is 4.35. The van der Waals surface area contributed by atoms with Gasteiger partial charge in [-0.05, 0) is 63.7 Å². The van der Waals surface area contributed by atoms with Gasteiger partial charge in [0.15, 0.2) is 11.6 Å². The van der Waals surface area contributed by atoms with Crippen molar-refractivity contribution >= 4 is 43.7 Å². The third-order valence-corrected chi connectivity index (χ3v) is 11.8. The van der Waals surface area contributed by atoms with E-state index >= 15 is 0 Å². The fraction of sp³-hybridized carbons (Fsp3) is 0.0192. The molecule has 57 heavy (non-hydrogen) atoms. The lowest BCUT2D eigenvalue weighted by Crippen LogP contribution is -2.28. The molecule has 0 N–H and O–H groups in total. The number of benzene rings is 8. The Labute approximate surface area is 328 Å². The summed E-state index contributed by atoms with van der Waals surface area (Å²) in [6.45, 7) is 0. The molecule has 0 saturated heterocycles. The van der Waals surface area contributed by atoms with Gasteiger partial charge in [-0.3, -0.25) is 4.57 Å². The Morgan fingerprint density at radius 3 is 1.81 bits per heavy atom. The molecule has 8 aromatic carbocycles. The van der Waals surface area contributed by atoms with Gasteiger partial charge in [0.2, 0.25) is 5.95 Å². The molecule has 0 atom stereocenters. The van der Waals surface area contributed by atoms with E-state index in [9.17, 15) is 0 Å². The van der Waals surface area contributed by atoms with Gasteiger partial charge >= 0.3 is 0 Å². The molecule has 0 aliphatic heterocycles. The molecule has 0 unspecified atom stereocenters. The van der Waals surface area contributed by atoms with Crippen LogP contribution in [0, 0.1) is 0 Å². The molecule has 1 aliphatic carbocycles. The number of para-hydroxylation sites is 3. The average molecular weight is 729 g/mol. The van der Waals surface area contributed by atoms with Crippen LogP contribution in [0.25, 0.3) is 83.6 Å². The first-order chi connectivity index (χ1) is 28.3. The molecule has 1 aliphatic rings. The smallest absolute Gasteiger partial charge is 0.238 e. The number of furan rings is 1. The number of rotatable bonds is 5. The van der Waals surface area contributed by atoms with Crippen molar-refractivity contribution in [3.8, 4) is 39.9 Å². The van der Waals surface area contributed by atoms with E-state index in [1.165, 1.54) is 33.4 Å². The fourth-order valence-corrected chi connectivity index (χ4v) is 9.34. The standard InChI is InChI=1S/C52H32N4O/c1-4-17-33(18-5-1)49-53-50(40-27-16-26-39-38-25-12-15-30-47(38)57-48(39)40)55-51(54-49)56-45-29-14-11-24-37(45)42-31-41-36-23-10-13-28-43(36)52(44(41)32-46(42)56,34-19-6-2-7-20-34)35-21-8-3-9-22-35/h1-32H. The van der Waals surface area contributed by atoms with Gasteiger partial charge in [-0.15, -0.1) is 0 Å². The van der Waals surface area contributed by atoms with Crippen LogP contribution >= 0.6 is 0 Å². The largest absolute Gasteiger partial charge is 0.455 e. The van der Waals surface area contributed by atoms with Crippen LogP contribution in [0.2, 0.25) is 0 Å². The molecular formula is C52H32N4O. The summed E-state index contributed by atoms with van der Waals surface area (Å²) in [7, 11) is 0. The summed E-state index contributed by atoms with van der Waals surface area (Å²) in [6, 6.07) is 68.6. The van der Waals surface area contributed by atoms with Gasteiger partial charge in [-0.25, -0.2) is 4.98 Å². The van der Waals surface area contributed by atoms with Gasteiger partial charge in [0.05, 0.1) is 22.0 Å². The zero-order valence-corrected chi connectivity index (χ0v) is 30.7. The van der Waals surface area contributed by atoms with Crippen LogP contribution in [0.4, 0.5) is 0 Å². The molecule has 3 heterocycles. The predicted molar refractivity (Wildman–Crippen MR) is 230 cm³/mol. The maximum atomic E-state index is 6.54. The second-order valence-electron chi connectivity index (χ2n) is 14.7. The Hall–Kier alpha value is -7.63. The van der Waals surface area contributed by atoms with Gasteiger partial charge in [-0.2, -0.15) is 9.97 Å². The molecular weight excluding hydrogens is 697 g/mol. The van der Waals surface area contributed by atoms with E-state index in [1.54, 1.807) is 0 Å². The average Bonchev–Trinajstić information content (AvgIpc) is 3.92. The van der Waals surface area contributed by atoms with Crippen LogP contribution in [-0.2, 0) is 5.41 Å². The van der Waals surface area contributed by atoms with Crippen LogP contribution in [0.15, 0.2) is 199 Å². The molecule has 0 bridgehead atoms. The number of hydrogen-bond donors (Lipinski definition) is 0. The first kappa shape index (κ1) is 31.7. The molecule has 5 heteroatoms. The van der Waals surface area contributed by atoms with Crippen LogP contribution < -0.4 is 0 Å². The molecule has 3 aromatic heterocycles. The highest BCUT2D eigenvalue weighted by Crippen LogP contribution is 2.57. The predicted octanol–water partition coefficient (Wildman–Crippen LogP) is 12.6. The number of hydrogen-bond acceptors (Lipinski definition) is 4. The Balaban J connectivity index is 1.19. The van der Waals surface area contributed by atoms with Gasteiger partial charge in [0, 0.05) is 27.1 Å². The van der Waals surface area contributed by atoms with E-state index in [-0.39, 0.29) is 0 Å². The second kappa shape index (κ2) is 12.2. The first-order valence-electron chi connectivity index (χ1n) is 19.3. The number of fused-ring (bicyclic) bond motifs is 9. The quantitative estimate of drug-likeness (QED) is 0.177. The maximum Gasteiger partial charge on any atom is 0.238 e. The van der Waals surface area contributed by atoms with Crippen molar-refractivity contribution < 1.29 is 4.42 Å². The van der Waals surface area contributed by atoms with Crippen LogP contribution in [0.3, 0.4) is 0 Å². The highest BCUT2D eigenvalue weighted by atomic mass is 16.3. The molecule has 0 spiro atoms. The van der Waals surface area contributed by atoms with E-state index in [2.05, 4.69) is 156 Å². The maximum absolute atomic E-state index is 6.54. The second-order valence-corrected chi connectivity index (χ2v) is 14.7. The zero-order valence-electron chi connectivity index (χ0n) is 30.7. The molecule has 0 fully saturated rings. The SMILES string of the molecule is c1ccc(-c2nc(-c3cccc4c3oc3ccccc34)nc(-n3c4ccccc4c4cc5c(cc43)C(c3ccccc3)(c3ccccc3)c3ccccc3-5)n2)cc1. The van der Waals surface area contributed by atoms with Crippen molar-refractivity contribution in [2.75, 3.05) is 0 Å². The minimum Gasteiger partial charge on any atom is -0.455 e. The zero-order chi connectivity index (χ0) is 37.5. The third kappa shape index (κ3) is 4.54. The van der Waals surface area contributed by atoms with Gasteiger partial charge in [-0.1, -0.05) is 164 Å². The summed E-state index contributed by atoms with van der Waals surface area (Å²) in [6.07, 6.45) is 0. The van der Waals surface area contributed by atoms with Crippen molar-refractivity contribution in [3.63, 3.8) is 0 Å². The normalized spacial score (nSPS) is 13.1. The Morgan fingerprint density at radius 1 is 0.404 bits per heavy atom. The summed E-state index contributed by atoms with van der Waals surface area (Å²) >= 11 is 0. The van der Waals surface area contributed by atoms with Crippen LogP contribution in [0.5, 0.6) is 0 Å². The van der Waals surface area contributed by atoms with E-state index in [0.717, 1.165) is 54.9 Å². The minimum atomic E-state index is -0.555. The Kier molecular flexibility index (Phi) is 6.78. The Morgan fingerprint density at radius 2 is 1.02 bits per heavy atom. The van der Waals surface area contributed by atoms with Crippen molar-refractivity contribution in [1.82, 2.24) is 19.5 Å². The first-order valence-corrected chi connectivity index (χ1v) is 19.3. The van der Waals surface area contributed by atoms with Gasteiger partial charge in [0.25, 0.3) is 0 Å². The molecule has 12 rings (SSSR count). The van der Waals surface area contributed by atoms with E-state index < -0.39 is 5.41 Å². The highest BCUT2D eigenvalue weighted by Gasteiger charge is 2.46. The molecule has 266 valence electrons. The molecule has 11 aromatic rings. The lowest BCUT2D eigenvalue weighted by atomic mass is 9.67. The fourth-order valence-electron chi connectivity index (χ4n) is 9.34. The summed E-state index contributed by atoms with van der Waals surface area (Å²) < 4.78 is 8.76. The van der Waals surface area contributed by atoms with E-state index in [0.29, 0.717) is 17.6 Å². The van der Waals surface area contributed by atoms with Crippen LogP contribution in [0.1, 0.15) is 22.3 Å². The summed E-state index contributed by atoms with van der Waals surface area (Å²) in [4.78, 5) is 15.8. The summed E-state index contributed by atoms with van der Waals surface area (Å²) in [5.41, 5.74) is 12.2. The van der Waals surface area contributed by atoms with Gasteiger partial charge < -0.3 is 4.42 Å². The Bertz CT molecular complexity index is 3310. The van der Waals surface area contributed by atoms with Crippen molar-refractivity contribution in [3.05, 3.63) is 216 Å². The topological polar surface area (TPSA) is 56.7 Å². The lowest BCUT2D eigenvalue weighted by molar-refractivity contribution is 0.669. The third-order valence-electron chi connectivity index (χ3n) is 11.8. The monoisotopic (exact) mass is 728 g/mol. The van der Waals surface area contributed by atoms with E-state index in [1.807, 2.05) is 42.5 Å².